The van der Waals surface area contributed by atoms with Crippen molar-refractivity contribution < 1.29 is 19.1 Å². The molecule has 9 heteroatoms. The molecule has 4 rings (SSSR count). The van der Waals surface area contributed by atoms with Crippen LogP contribution in [0.1, 0.15) is 23.3 Å². The molecule has 0 radical (unpaired) electrons. The Morgan fingerprint density at radius 3 is 2.54 bits per heavy atom. The largest absolute Gasteiger partial charge is 0.497 e. The Morgan fingerprint density at radius 2 is 1.89 bits per heavy atom. The van der Waals surface area contributed by atoms with Crippen molar-refractivity contribution in [3.05, 3.63) is 52.2 Å². The monoisotopic (exact) mass is 498 g/mol. The zero-order chi connectivity index (χ0) is 25.0. The second-order valence-electron chi connectivity index (χ2n) is 9.56. The van der Waals surface area contributed by atoms with E-state index in [2.05, 4.69) is 22.4 Å². The molecule has 2 aliphatic rings. The fourth-order valence-corrected chi connectivity index (χ4v) is 5.61. The molecule has 2 saturated heterocycles. The predicted molar refractivity (Wildman–Crippen MR) is 135 cm³/mol. The molecule has 2 aliphatic heterocycles. The molecule has 0 aliphatic carbocycles. The van der Waals surface area contributed by atoms with E-state index in [-0.39, 0.29) is 30.6 Å². The van der Waals surface area contributed by atoms with E-state index in [4.69, 9.17) is 4.74 Å². The van der Waals surface area contributed by atoms with Crippen molar-refractivity contribution >= 4 is 29.1 Å². The fourth-order valence-electron chi connectivity index (χ4n) is 4.86. The quantitative estimate of drug-likeness (QED) is 0.493. The standard InChI is InChI=1S/C26H34N4O4S/c1-27(2)9-14-30-24(32)18-26(25(30)33,20-6-4-7-21(16-20)34-3)17-23(31)29-12-10-28(11-13-29)19-22-8-5-15-35-22/h4-8,15-16H,9-14,17-19H2,1-3H3. The van der Waals surface area contributed by atoms with Crippen LogP contribution in [0.3, 0.4) is 0 Å². The van der Waals surface area contributed by atoms with Gasteiger partial charge >= 0.3 is 0 Å². The molecule has 1 unspecified atom stereocenters. The lowest BCUT2D eigenvalue weighted by molar-refractivity contribution is -0.143. The molecular weight excluding hydrogens is 464 g/mol. The van der Waals surface area contributed by atoms with Gasteiger partial charge < -0.3 is 14.5 Å². The number of ether oxygens (including phenoxy) is 1. The Labute approximate surface area is 211 Å². The van der Waals surface area contributed by atoms with Crippen molar-refractivity contribution in [3.8, 4) is 5.75 Å². The summed E-state index contributed by atoms with van der Waals surface area (Å²) in [4.78, 5) is 49.1. The summed E-state index contributed by atoms with van der Waals surface area (Å²) >= 11 is 1.74. The maximum atomic E-state index is 13.8. The van der Waals surface area contributed by atoms with Crippen LogP contribution in [0, 0.1) is 0 Å². The fraction of sp³-hybridized carbons (Fsp3) is 0.500. The number of likely N-dealkylation sites (N-methyl/N-ethyl adjacent to an activating group) is 1. The van der Waals surface area contributed by atoms with Crippen molar-refractivity contribution in [3.63, 3.8) is 0 Å². The first-order valence-corrected chi connectivity index (χ1v) is 12.9. The van der Waals surface area contributed by atoms with Gasteiger partial charge in [0.25, 0.3) is 0 Å². The number of thiophene rings is 1. The highest BCUT2D eigenvalue weighted by Gasteiger charge is 2.54. The van der Waals surface area contributed by atoms with E-state index in [0.29, 0.717) is 37.5 Å². The van der Waals surface area contributed by atoms with Gasteiger partial charge in [-0.05, 0) is 43.2 Å². The first-order valence-electron chi connectivity index (χ1n) is 12.0. The molecule has 8 nitrogen and oxygen atoms in total. The van der Waals surface area contributed by atoms with E-state index in [1.54, 1.807) is 30.6 Å². The minimum Gasteiger partial charge on any atom is -0.497 e. The summed E-state index contributed by atoms with van der Waals surface area (Å²) in [5.74, 6) is -0.00164. The molecule has 3 amide bonds. The third kappa shape index (κ3) is 5.58. The number of imide groups is 1. The Bertz CT molecular complexity index is 1050. The Kier molecular flexibility index (Phi) is 7.88. The van der Waals surface area contributed by atoms with Crippen molar-refractivity contribution in [1.82, 2.24) is 19.6 Å². The lowest BCUT2D eigenvalue weighted by atomic mass is 9.75. The first-order chi connectivity index (χ1) is 16.8. The smallest absolute Gasteiger partial charge is 0.240 e. The van der Waals surface area contributed by atoms with Crippen LogP contribution in [0.5, 0.6) is 5.75 Å². The molecule has 0 bridgehead atoms. The number of hydrogen-bond acceptors (Lipinski definition) is 7. The van der Waals surface area contributed by atoms with E-state index < -0.39 is 5.41 Å². The lowest BCUT2D eigenvalue weighted by Gasteiger charge is -2.36. The third-order valence-electron chi connectivity index (χ3n) is 6.94. The SMILES string of the molecule is COc1cccc(C2(CC(=O)N3CCN(Cc4cccs4)CC3)CC(=O)N(CCN(C)C)C2=O)c1. The number of piperazine rings is 1. The maximum absolute atomic E-state index is 13.8. The number of likely N-dealkylation sites (tertiary alicyclic amines) is 1. The molecule has 35 heavy (non-hydrogen) atoms. The summed E-state index contributed by atoms with van der Waals surface area (Å²) in [6.45, 7) is 4.59. The highest BCUT2D eigenvalue weighted by atomic mass is 32.1. The van der Waals surface area contributed by atoms with Gasteiger partial charge in [-0.2, -0.15) is 0 Å². The molecule has 1 aromatic heterocycles. The number of carbonyl (C=O) groups excluding carboxylic acids is 3. The molecule has 2 aromatic rings. The topological polar surface area (TPSA) is 73.4 Å². The normalized spacial score (nSPS) is 21.3. The van der Waals surface area contributed by atoms with Crippen molar-refractivity contribution in [1.29, 1.82) is 0 Å². The molecule has 3 heterocycles. The number of methoxy groups -OCH3 is 1. The summed E-state index contributed by atoms with van der Waals surface area (Å²) in [6, 6.07) is 11.4. The first kappa shape index (κ1) is 25.3. The minimum atomic E-state index is -1.21. The Morgan fingerprint density at radius 1 is 1.11 bits per heavy atom. The minimum absolute atomic E-state index is 0.00346. The number of carbonyl (C=O) groups is 3. The summed E-state index contributed by atoms with van der Waals surface area (Å²) in [6.07, 6.45) is -0.0232. The molecule has 2 fully saturated rings. The third-order valence-corrected chi connectivity index (χ3v) is 7.80. The van der Waals surface area contributed by atoms with Gasteiger partial charge in [0.05, 0.1) is 12.5 Å². The van der Waals surface area contributed by atoms with E-state index in [1.165, 1.54) is 9.78 Å². The second kappa shape index (κ2) is 10.9. The van der Waals surface area contributed by atoms with Crippen LogP contribution in [-0.2, 0) is 26.3 Å². The Hall–Kier alpha value is -2.75. The maximum Gasteiger partial charge on any atom is 0.240 e. The average Bonchev–Trinajstić information content (AvgIpc) is 3.44. The molecule has 1 atom stereocenters. The van der Waals surface area contributed by atoms with Crippen molar-refractivity contribution in [2.45, 2.75) is 24.8 Å². The number of rotatable bonds is 9. The van der Waals surface area contributed by atoms with Gasteiger partial charge in [0.1, 0.15) is 5.75 Å². The Balaban J connectivity index is 1.52. The molecule has 1 aromatic carbocycles. The summed E-state index contributed by atoms with van der Waals surface area (Å²) in [5.41, 5.74) is -0.546. The summed E-state index contributed by atoms with van der Waals surface area (Å²) in [7, 11) is 5.38. The number of nitrogens with zero attached hydrogens (tertiary/aromatic N) is 4. The van der Waals surface area contributed by atoms with Crippen LogP contribution in [0.2, 0.25) is 0 Å². The van der Waals surface area contributed by atoms with Gasteiger partial charge in [-0.25, -0.2) is 0 Å². The molecule has 188 valence electrons. The average molecular weight is 499 g/mol. The van der Waals surface area contributed by atoms with E-state index in [0.717, 1.165) is 19.6 Å². The van der Waals surface area contributed by atoms with Crippen LogP contribution in [-0.4, -0.2) is 97.8 Å². The van der Waals surface area contributed by atoms with Crippen LogP contribution >= 0.6 is 11.3 Å². The van der Waals surface area contributed by atoms with Gasteiger partial charge in [-0.3, -0.25) is 24.2 Å². The van der Waals surface area contributed by atoms with E-state index in [9.17, 15) is 14.4 Å². The van der Waals surface area contributed by atoms with Crippen molar-refractivity contribution in [2.24, 2.45) is 0 Å². The van der Waals surface area contributed by atoms with Gasteiger partial charge in [0, 0.05) is 63.5 Å². The van der Waals surface area contributed by atoms with E-state index >= 15 is 0 Å². The summed E-state index contributed by atoms with van der Waals surface area (Å²) in [5, 5.41) is 2.08. The van der Waals surface area contributed by atoms with Gasteiger partial charge in [-0.1, -0.05) is 18.2 Å². The molecule has 0 spiro atoms. The summed E-state index contributed by atoms with van der Waals surface area (Å²) < 4.78 is 5.39. The van der Waals surface area contributed by atoms with Crippen molar-refractivity contribution in [2.75, 3.05) is 60.5 Å². The van der Waals surface area contributed by atoms with Crippen LogP contribution in [0.15, 0.2) is 41.8 Å². The predicted octanol–water partition coefficient (Wildman–Crippen LogP) is 2.05. The highest BCUT2D eigenvalue weighted by Crippen LogP contribution is 2.41. The molecule has 0 N–H and O–H groups in total. The van der Waals surface area contributed by atoms with Gasteiger partial charge in [0.15, 0.2) is 0 Å². The van der Waals surface area contributed by atoms with Crippen LogP contribution < -0.4 is 4.74 Å². The lowest BCUT2D eigenvalue weighted by Crippen LogP contribution is -2.50. The molecular formula is C26H34N4O4S. The second-order valence-corrected chi connectivity index (χ2v) is 10.6. The van der Waals surface area contributed by atoms with E-state index in [1.807, 2.05) is 36.0 Å². The number of amides is 3. The highest BCUT2D eigenvalue weighted by molar-refractivity contribution is 7.09. The zero-order valence-corrected chi connectivity index (χ0v) is 21.6. The van der Waals surface area contributed by atoms with Gasteiger partial charge in [0.2, 0.25) is 17.7 Å². The van der Waals surface area contributed by atoms with Crippen LogP contribution in [0.4, 0.5) is 0 Å². The van der Waals surface area contributed by atoms with Crippen LogP contribution in [0.25, 0.3) is 0 Å². The number of benzene rings is 1. The number of hydrogen-bond donors (Lipinski definition) is 0. The van der Waals surface area contributed by atoms with Gasteiger partial charge in [-0.15, -0.1) is 11.3 Å². The molecule has 0 saturated carbocycles. The zero-order valence-electron chi connectivity index (χ0n) is 20.7.